The molecule has 1 amide bonds. The summed E-state index contributed by atoms with van der Waals surface area (Å²) < 4.78 is 13.6. The number of hydrogen-bond donors (Lipinski definition) is 3. The molecular formula is C18H20ClFN4O. The summed E-state index contributed by atoms with van der Waals surface area (Å²) in [5, 5.41) is 9.26. The molecule has 0 fully saturated rings. The van der Waals surface area contributed by atoms with Crippen LogP contribution in [0.4, 0.5) is 4.39 Å². The number of benzene rings is 2. The van der Waals surface area contributed by atoms with E-state index in [1.54, 1.807) is 49.5 Å². The van der Waals surface area contributed by atoms with Gasteiger partial charge in [-0.1, -0.05) is 41.9 Å². The Balaban J connectivity index is 1.73. The van der Waals surface area contributed by atoms with Gasteiger partial charge in [0.2, 0.25) is 0 Å². The average molecular weight is 363 g/mol. The van der Waals surface area contributed by atoms with Crippen LogP contribution in [-0.2, 0) is 6.54 Å². The highest BCUT2D eigenvalue weighted by molar-refractivity contribution is 6.33. The summed E-state index contributed by atoms with van der Waals surface area (Å²) in [5.74, 6) is 0.0226. The van der Waals surface area contributed by atoms with Gasteiger partial charge in [-0.2, -0.15) is 0 Å². The van der Waals surface area contributed by atoms with Crippen molar-refractivity contribution < 1.29 is 9.18 Å². The zero-order valence-corrected chi connectivity index (χ0v) is 14.6. The van der Waals surface area contributed by atoms with Crippen molar-refractivity contribution in [2.45, 2.75) is 6.54 Å². The number of aliphatic imine (C=N–C) groups is 1. The Morgan fingerprint density at radius 3 is 2.44 bits per heavy atom. The van der Waals surface area contributed by atoms with E-state index in [9.17, 15) is 9.18 Å². The number of nitrogens with one attached hydrogen (secondary N) is 3. The maximum absolute atomic E-state index is 13.6. The number of amides is 1. The fourth-order valence-corrected chi connectivity index (χ4v) is 2.36. The third-order valence-electron chi connectivity index (χ3n) is 3.45. The summed E-state index contributed by atoms with van der Waals surface area (Å²) in [4.78, 5) is 16.1. The van der Waals surface area contributed by atoms with Crippen molar-refractivity contribution in [3.05, 3.63) is 70.5 Å². The third-order valence-corrected chi connectivity index (χ3v) is 3.78. The molecule has 0 saturated carbocycles. The second-order valence-electron chi connectivity index (χ2n) is 5.18. The van der Waals surface area contributed by atoms with Crippen molar-refractivity contribution in [1.29, 1.82) is 0 Å². The summed E-state index contributed by atoms with van der Waals surface area (Å²) >= 11 is 5.98. The van der Waals surface area contributed by atoms with Crippen molar-refractivity contribution in [1.82, 2.24) is 16.0 Å². The van der Waals surface area contributed by atoms with Gasteiger partial charge in [0.25, 0.3) is 5.91 Å². The number of carbonyl (C=O) groups is 1. The van der Waals surface area contributed by atoms with E-state index in [-0.39, 0.29) is 11.7 Å². The average Bonchev–Trinajstić information content (AvgIpc) is 2.62. The number of nitrogens with zero attached hydrogens (tertiary/aromatic N) is 1. The van der Waals surface area contributed by atoms with E-state index in [4.69, 9.17) is 11.6 Å². The number of carbonyl (C=O) groups excluding carboxylic acids is 1. The Morgan fingerprint density at radius 2 is 1.72 bits per heavy atom. The number of guanidine groups is 1. The van der Waals surface area contributed by atoms with E-state index in [0.29, 0.717) is 41.7 Å². The van der Waals surface area contributed by atoms with Crippen LogP contribution in [0, 0.1) is 5.82 Å². The highest BCUT2D eigenvalue weighted by Gasteiger charge is 2.08. The highest BCUT2D eigenvalue weighted by atomic mass is 35.5. The van der Waals surface area contributed by atoms with E-state index in [2.05, 4.69) is 20.9 Å². The van der Waals surface area contributed by atoms with E-state index in [1.165, 1.54) is 6.07 Å². The van der Waals surface area contributed by atoms with Crippen molar-refractivity contribution in [2.75, 3.05) is 20.1 Å². The zero-order valence-electron chi connectivity index (χ0n) is 13.9. The SMILES string of the molecule is CN=C(NCCNC(=O)c1ccccc1Cl)NCc1ccccc1F. The second kappa shape index (κ2) is 9.64. The van der Waals surface area contributed by atoms with Gasteiger partial charge in [-0.25, -0.2) is 4.39 Å². The molecule has 5 nitrogen and oxygen atoms in total. The first kappa shape index (κ1) is 18.7. The quantitative estimate of drug-likeness (QED) is 0.420. The minimum Gasteiger partial charge on any atom is -0.355 e. The summed E-state index contributed by atoms with van der Waals surface area (Å²) in [5.41, 5.74) is 0.990. The molecule has 7 heteroatoms. The molecule has 0 aliphatic carbocycles. The standard InChI is InChI=1S/C18H20ClFN4O/c1-21-18(24-12-13-6-2-5-9-16(13)20)23-11-10-22-17(25)14-7-3-4-8-15(14)19/h2-9H,10-12H2,1H3,(H,22,25)(H2,21,23,24). The monoisotopic (exact) mass is 362 g/mol. The molecule has 3 N–H and O–H groups in total. The lowest BCUT2D eigenvalue weighted by Crippen LogP contribution is -2.41. The fourth-order valence-electron chi connectivity index (χ4n) is 2.14. The Hall–Kier alpha value is -2.60. The van der Waals surface area contributed by atoms with Crippen LogP contribution in [0.5, 0.6) is 0 Å². The topological polar surface area (TPSA) is 65.5 Å². The van der Waals surface area contributed by atoms with Gasteiger partial charge in [0.05, 0.1) is 10.6 Å². The molecule has 0 bridgehead atoms. The van der Waals surface area contributed by atoms with Crippen molar-refractivity contribution >= 4 is 23.5 Å². The Morgan fingerprint density at radius 1 is 1.04 bits per heavy atom. The molecule has 132 valence electrons. The highest BCUT2D eigenvalue weighted by Crippen LogP contribution is 2.14. The van der Waals surface area contributed by atoms with E-state index in [0.717, 1.165) is 0 Å². The number of halogens is 2. The second-order valence-corrected chi connectivity index (χ2v) is 5.59. The molecule has 0 spiro atoms. The van der Waals surface area contributed by atoms with Gasteiger partial charge < -0.3 is 16.0 Å². The van der Waals surface area contributed by atoms with Gasteiger partial charge in [-0.05, 0) is 18.2 Å². The Bertz CT molecular complexity index is 751. The third kappa shape index (κ3) is 5.76. The van der Waals surface area contributed by atoms with Crippen molar-refractivity contribution in [3.63, 3.8) is 0 Å². The molecule has 0 saturated heterocycles. The number of hydrogen-bond acceptors (Lipinski definition) is 2. The van der Waals surface area contributed by atoms with Crippen LogP contribution < -0.4 is 16.0 Å². The summed E-state index contributed by atoms with van der Waals surface area (Å²) in [6.07, 6.45) is 0. The summed E-state index contributed by atoms with van der Waals surface area (Å²) in [6.45, 7) is 1.18. The maximum atomic E-state index is 13.6. The zero-order chi connectivity index (χ0) is 18.1. The Labute approximate surface area is 151 Å². The van der Waals surface area contributed by atoms with Crippen molar-refractivity contribution in [2.24, 2.45) is 4.99 Å². The van der Waals surface area contributed by atoms with Crippen LogP contribution in [0.2, 0.25) is 5.02 Å². The first-order chi connectivity index (χ1) is 12.1. The molecule has 2 aromatic carbocycles. The maximum Gasteiger partial charge on any atom is 0.252 e. The Kier molecular flexibility index (Phi) is 7.22. The molecular weight excluding hydrogens is 343 g/mol. The fraction of sp³-hybridized carbons (Fsp3) is 0.222. The lowest BCUT2D eigenvalue weighted by molar-refractivity contribution is 0.0954. The largest absolute Gasteiger partial charge is 0.355 e. The molecule has 25 heavy (non-hydrogen) atoms. The first-order valence-corrected chi connectivity index (χ1v) is 8.20. The van der Waals surface area contributed by atoms with Crippen LogP contribution in [0.1, 0.15) is 15.9 Å². The van der Waals surface area contributed by atoms with Crippen molar-refractivity contribution in [3.8, 4) is 0 Å². The normalized spacial score (nSPS) is 11.1. The molecule has 2 aromatic rings. The lowest BCUT2D eigenvalue weighted by Gasteiger charge is -2.13. The van der Waals surface area contributed by atoms with Gasteiger partial charge in [-0.15, -0.1) is 0 Å². The number of rotatable bonds is 6. The minimum atomic E-state index is -0.266. The predicted molar refractivity (Wildman–Crippen MR) is 98.4 cm³/mol. The lowest BCUT2D eigenvalue weighted by atomic mass is 10.2. The predicted octanol–water partition coefficient (Wildman–Crippen LogP) is 2.57. The molecule has 0 aromatic heterocycles. The molecule has 0 aliphatic rings. The molecule has 0 unspecified atom stereocenters. The van der Waals surface area contributed by atoms with Crippen LogP contribution in [0.3, 0.4) is 0 Å². The summed E-state index contributed by atoms with van der Waals surface area (Å²) in [7, 11) is 1.62. The van der Waals surface area contributed by atoms with Gasteiger partial charge in [0.15, 0.2) is 5.96 Å². The van der Waals surface area contributed by atoms with Gasteiger partial charge in [0, 0.05) is 32.2 Å². The van der Waals surface area contributed by atoms with Crippen LogP contribution in [0.15, 0.2) is 53.5 Å². The van der Waals surface area contributed by atoms with E-state index < -0.39 is 0 Å². The molecule has 0 radical (unpaired) electrons. The van der Waals surface area contributed by atoms with E-state index in [1.807, 2.05) is 0 Å². The van der Waals surface area contributed by atoms with Gasteiger partial charge in [0.1, 0.15) is 5.82 Å². The van der Waals surface area contributed by atoms with Crippen LogP contribution in [0.25, 0.3) is 0 Å². The van der Waals surface area contributed by atoms with Crippen LogP contribution >= 0.6 is 11.6 Å². The minimum absolute atomic E-state index is 0.235. The van der Waals surface area contributed by atoms with E-state index >= 15 is 0 Å². The molecule has 0 heterocycles. The smallest absolute Gasteiger partial charge is 0.252 e. The molecule has 2 rings (SSSR count). The molecule has 0 aliphatic heterocycles. The molecule has 0 atom stereocenters. The van der Waals surface area contributed by atoms with Gasteiger partial charge >= 0.3 is 0 Å². The van der Waals surface area contributed by atoms with Crippen LogP contribution in [-0.4, -0.2) is 32.0 Å². The summed E-state index contributed by atoms with van der Waals surface area (Å²) in [6, 6.07) is 13.4. The van der Waals surface area contributed by atoms with Gasteiger partial charge in [-0.3, -0.25) is 9.79 Å². The first-order valence-electron chi connectivity index (χ1n) is 7.82.